The van der Waals surface area contributed by atoms with E-state index in [9.17, 15) is 19.7 Å². The Hall–Kier alpha value is -5.36. The Morgan fingerprint density at radius 3 is 2.19 bits per heavy atom. The zero-order valence-corrected chi connectivity index (χ0v) is 29.8. The van der Waals surface area contributed by atoms with Crippen LogP contribution in [0.25, 0.3) is 10.4 Å². The van der Waals surface area contributed by atoms with Crippen molar-refractivity contribution >= 4 is 24.2 Å². The molecule has 5 rings (SSSR count). The maximum atomic E-state index is 13.0. The number of hydrogen-bond acceptors (Lipinski definition) is 8. The van der Waals surface area contributed by atoms with Gasteiger partial charge in [-0.1, -0.05) is 84.8 Å². The summed E-state index contributed by atoms with van der Waals surface area (Å²) < 4.78 is 5.89. The van der Waals surface area contributed by atoms with E-state index in [1.165, 1.54) is 28.2 Å². The molecule has 2 aliphatic rings. The van der Waals surface area contributed by atoms with E-state index in [1.54, 1.807) is 24.1 Å². The number of non-ortho nitro benzene ring substituents is 1. The van der Waals surface area contributed by atoms with Crippen LogP contribution in [-0.2, 0) is 19.7 Å². The molecular formula is C39H46N8O5. The molecule has 3 aromatic rings. The first-order valence-electron chi connectivity index (χ1n) is 17.7. The molecule has 2 amide bonds. The van der Waals surface area contributed by atoms with Crippen LogP contribution in [0.4, 0.5) is 5.69 Å². The van der Waals surface area contributed by atoms with E-state index in [-0.39, 0.29) is 30.9 Å². The summed E-state index contributed by atoms with van der Waals surface area (Å²) in [6.07, 6.45) is 4.67. The molecule has 0 bridgehead atoms. The molecule has 272 valence electrons. The molecule has 0 aromatic heterocycles. The summed E-state index contributed by atoms with van der Waals surface area (Å²) in [6.45, 7) is 5.24. The molecule has 13 nitrogen and oxygen atoms in total. The van der Waals surface area contributed by atoms with Crippen LogP contribution in [0.5, 0.6) is 0 Å². The molecular weight excluding hydrogens is 660 g/mol. The number of benzene rings is 3. The quantitative estimate of drug-likeness (QED) is 0.0281. The molecule has 0 aliphatic carbocycles. The summed E-state index contributed by atoms with van der Waals surface area (Å²) in [5.74, 6) is -0.559. The van der Waals surface area contributed by atoms with Crippen molar-refractivity contribution in [2.45, 2.75) is 50.0 Å². The molecule has 2 atom stereocenters. The number of azide groups is 1. The lowest BCUT2D eigenvalue weighted by atomic mass is 9.68. The van der Waals surface area contributed by atoms with E-state index in [4.69, 9.17) is 15.3 Å². The predicted molar refractivity (Wildman–Crippen MR) is 200 cm³/mol. The van der Waals surface area contributed by atoms with Crippen LogP contribution in [0, 0.1) is 10.1 Å². The first kappa shape index (κ1) is 37.9. The first-order valence-corrected chi connectivity index (χ1v) is 17.7. The average Bonchev–Trinajstić information content (AvgIpc) is 3.19. The largest absolute Gasteiger partial charge is 0.375 e. The minimum Gasteiger partial charge on any atom is -0.375 e. The highest BCUT2D eigenvalue weighted by atomic mass is 16.6. The van der Waals surface area contributed by atoms with Crippen molar-refractivity contribution in [2.24, 2.45) is 10.1 Å². The van der Waals surface area contributed by atoms with Crippen LogP contribution in [0.2, 0.25) is 0 Å². The Balaban J connectivity index is 1.41. The van der Waals surface area contributed by atoms with Crippen molar-refractivity contribution in [2.75, 3.05) is 53.0 Å². The Morgan fingerprint density at radius 2 is 1.65 bits per heavy atom. The fourth-order valence-electron chi connectivity index (χ4n) is 7.67. The van der Waals surface area contributed by atoms with Gasteiger partial charge in [-0.3, -0.25) is 24.7 Å². The maximum absolute atomic E-state index is 13.0. The van der Waals surface area contributed by atoms with E-state index < -0.39 is 16.9 Å². The molecule has 2 heterocycles. The van der Waals surface area contributed by atoms with Crippen molar-refractivity contribution in [1.29, 1.82) is 0 Å². The molecule has 2 aliphatic heterocycles. The second kappa shape index (κ2) is 18.2. The molecule has 2 unspecified atom stereocenters. The smallest absolute Gasteiger partial charge is 0.269 e. The van der Waals surface area contributed by atoms with Gasteiger partial charge in [0.2, 0.25) is 12.8 Å². The first-order chi connectivity index (χ1) is 25.4. The number of likely N-dealkylation sites (N-methyl/N-ethyl adjacent to an activating group) is 1. The second-order valence-corrected chi connectivity index (χ2v) is 13.1. The number of nitrogens with zero attached hydrogens (tertiary/aromatic N) is 8. The van der Waals surface area contributed by atoms with Crippen molar-refractivity contribution in [3.8, 4) is 0 Å². The molecule has 0 radical (unpaired) electrons. The minimum atomic E-state index is -0.559. The van der Waals surface area contributed by atoms with Crippen molar-refractivity contribution in [3.63, 3.8) is 0 Å². The average molecular weight is 707 g/mol. The Kier molecular flexibility index (Phi) is 13.3. The van der Waals surface area contributed by atoms with Gasteiger partial charge in [-0.2, -0.15) is 0 Å². The lowest BCUT2D eigenvalue weighted by molar-refractivity contribution is -0.384. The normalized spacial score (nSPS) is 18.5. The Labute approximate surface area is 304 Å². The molecule has 0 saturated carbocycles. The molecule has 1 fully saturated rings. The van der Waals surface area contributed by atoms with E-state index in [0.717, 1.165) is 51.0 Å². The number of piperidine rings is 1. The van der Waals surface area contributed by atoms with Crippen LogP contribution < -0.4 is 0 Å². The van der Waals surface area contributed by atoms with Gasteiger partial charge in [-0.25, -0.2) is 0 Å². The molecule has 1 saturated heterocycles. The number of nitro benzene ring substituents is 1. The molecule has 0 N–H and O–H groups in total. The highest BCUT2D eigenvalue weighted by molar-refractivity contribution is 5.94. The molecule has 13 heteroatoms. The van der Waals surface area contributed by atoms with Gasteiger partial charge >= 0.3 is 0 Å². The summed E-state index contributed by atoms with van der Waals surface area (Å²) in [6, 6.07) is 27.1. The number of nitro groups is 1. The van der Waals surface area contributed by atoms with Gasteiger partial charge in [0.05, 0.1) is 41.5 Å². The third-order valence-corrected chi connectivity index (χ3v) is 10.3. The second-order valence-electron chi connectivity index (χ2n) is 13.1. The Morgan fingerprint density at radius 1 is 1.02 bits per heavy atom. The summed E-state index contributed by atoms with van der Waals surface area (Å²) in [7, 11) is 1.67. The van der Waals surface area contributed by atoms with Crippen molar-refractivity contribution in [3.05, 3.63) is 134 Å². The fourth-order valence-corrected chi connectivity index (χ4v) is 7.67. The number of rotatable bonds is 18. The maximum Gasteiger partial charge on any atom is 0.269 e. The number of carbonyl (C=O) groups excluding carboxylic acids is 2. The molecule has 52 heavy (non-hydrogen) atoms. The van der Waals surface area contributed by atoms with Crippen LogP contribution in [-0.4, -0.2) is 97.2 Å². The van der Waals surface area contributed by atoms with Crippen LogP contribution in [0.1, 0.15) is 55.2 Å². The van der Waals surface area contributed by atoms with Gasteiger partial charge in [-0.05, 0) is 67.5 Å². The van der Waals surface area contributed by atoms with Gasteiger partial charge in [0.25, 0.3) is 5.69 Å². The number of carbonyl (C=O) groups is 2. The van der Waals surface area contributed by atoms with E-state index >= 15 is 0 Å². The van der Waals surface area contributed by atoms with E-state index in [0.29, 0.717) is 36.3 Å². The number of hydrogen-bond donors (Lipinski definition) is 0. The lowest BCUT2D eigenvalue weighted by Gasteiger charge is -2.43. The van der Waals surface area contributed by atoms with Gasteiger partial charge in [0.1, 0.15) is 0 Å². The lowest BCUT2D eigenvalue weighted by Crippen LogP contribution is -2.48. The van der Waals surface area contributed by atoms with Crippen LogP contribution in [0.3, 0.4) is 0 Å². The number of amides is 2. The monoisotopic (exact) mass is 706 g/mol. The topological polar surface area (TPSA) is 157 Å². The molecule has 3 aromatic carbocycles. The van der Waals surface area contributed by atoms with Crippen LogP contribution in [0.15, 0.2) is 106 Å². The summed E-state index contributed by atoms with van der Waals surface area (Å²) in [4.78, 5) is 49.7. The van der Waals surface area contributed by atoms with Gasteiger partial charge in [0, 0.05) is 48.3 Å². The number of ether oxygens (including phenoxy) is 1. The molecule has 0 spiro atoms. The van der Waals surface area contributed by atoms with E-state index in [1.807, 2.05) is 6.92 Å². The van der Waals surface area contributed by atoms with Crippen molar-refractivity contribution in [1.82, 2.24) is 14.7 Å². The van der Waals surface area contributed by atoms with Gasteiger partial charge < -0.3 is 19.4 Å². The highest BCUT2D eigenvalue weighted by Crippen LogP contribution is 2.42. The summed E-state index contributed by atoms with van der Waals surface area (Å²) in [5, 5.41) is 15.1. The van der Waals surface area contributed by atoms with E-state index in [2.05, 4.69) is 75.6 Å². The highest BCUT2D eigenvalue weighted by Gasteiger charge is 2.41. The fraction of sp³-hybridized carbons (Fsp3) is 0.410. The van der Waals surface area contributed by atoms with Crippen LogP contribution >= 0.6 is 0 Å². The number of likely N-dealkylation sites (tertiary alicyclic amines) is 1. The zero-order chi connectivity index (χ0) is 36.9. The standard InChI is InChI=1S/C39H46N8O5/c1-3-34-37(44(2)28-48)36(30-15-17-33(18-16-30)47(50)51)38(35(42-34)27-52-26-21-41-43-40)46(29-49)23-10-22-45-24-19-39(20-25-45,31-11-6-4-7-12-31)32-13-8-5-9-14-32/h4-9,11-18,28-29,36-37H,3,10,19-27H2,1-2H3. The Bertz CT molecular complexity index is 1730. The van der Waals surface area contributed by atoms with Crippen molar-refractivity contribution < 1.29 is 19.2 Å². The summed E-state index contributed by atoms with van der Waals surface area (Å²) in [5.41, 5.74) is 13.7. The minimum absolute atomic E-state index is 0.0400. The predicted octanol–water partition coefficient (Wildman–Crippen LogP) is 6.47. The van der Waals surface area contributed by atoms with Gasteiger partial charge in [0.15, 0.2) is 0 Å². The number of aliphatic imine (C=N–C) groups is 1. The third-order valence-electron chi connectivity index (χ3n) is 10.3. The SMILES string of the molecule is CCC1=NC(COCCN=[N+]=[N-])=C(N(C=O)CCCN2CCC(c3ccccc3)(c3ccccc3)CC2)C(c2ccc([N+](=O)[O-])cc2)C1N(C)C=O. The van der Waals surface area contributed by atoms with Gasteiger partial charge in [-0.15, -0.1) is 0 Å². The third kappa shape index (κ3) is 8.56. The zero-order valence-electron chi connectivity index (χ0n) is 29.8. The summed E-state index contributed by atoms with van der Waals surface area (Å²) >= 11 is 0.